The highest BCUT2D eigenvalue weighted by atomic mass is 79.9. The van der Waals surface area contributed by atoms with Crippen LogP contribution in [0, 0.1) is 13.8 Å². The van der Waals surface area contributed by atoms with E-state index >= 15 is 0 Å². The molecule has 0 atom stereocenters. The summed E-state index contributed by atoms with van der Waals surface area (Å²) >= 11 is 3.31. The number of rotatable bonds is 3. The highest BCUT2D eigenvalue weighted by Gasteiger charge is 2.29. The Hall–Kier alpha value is -1.54. The van der Waals surface area contributed by atoms with Gasteiger partial charge in [-0.05, 0) is 32.0 Å². The zero-order chi connectivity index (χ0) is 15.9. The molecule has 0 aliphatic carbocycles. The maximum atomic E-state index is 12.8. The molecule has 0 aliphatic rings. The number of hydrogen-bond donors (Lipinski definition) is 1. The van der Waals surface area contributed by atoms with Gasteiger partial charge in [-0.3, -0.25) is 8.99 Å². The molecule has 2 N–H and O–H groups in total. The SMILES string of the molecule is Cc1nn(C)c(C)c1S(=O)(=O)N(C)c1ccc(Br)cc1N. The minimum Gasteiger partial charge on any atom is -0.397 e. The Morgan fingerprint density at radius 3 is 2.43 bits per heavy atom. The highest BCUT2D eigenvalue weighted by Crippen LogP contribution is 2.31. The van der Waals surface area contributed by atoms with Gasteiger partial charge in [-0.25, -0.2) is 8.42 Å². The molecule has 6 nitrogen and oxygen atoms in total. The molecule has 21 heavy (non-hydrogen) atoms. The van der Waals surface area contributed by atoms with Crippen LogP contribution in [0.1, 0.15) is 11.4 Å². The number of anilines is 2. The lowest BCUT2D eigenvalue weighted by Gasteiger charge is -2.21. The Labute approximate surface area is 132 Å². The third kappa shape index (κ3) is 2.65. The Balaban J connectivity index is 2.58. The van der Waals surface area contributed by atoms with Crippen molar-refractivity contribution >= 4 is 37.3 Å². The molecule has 0 radical (unpaired) electrons. The van der Waals surface area contributed by atoms with Crippen molar-refractivity contribution in [2.45, 2.75) is 18.7 Å². The van der Waals surface area contributed by atoms with Gasteiger partial charge in [-0.1, -0.05) is 15.9 Å². The van der Waals surface area contributed by atoms with E-state index in [0.717, 1.165) is 4.47 Å². The van der Waals surface area contributed by atoms with Crippen molar-refractivity contribution in [2.75, 3.05) is 17.1 Å². The molecule has 0 amide bonds. The van der Waals surface area contributed by atoms with Gasteiger partial charge in [0.2, 0.25) is 0 Å². The summed E-state index contributed by atoms with van der Waals surface area (Å²) in [6.45, 7) is 3.41. The molecule has 0 unspecified atom stereocenters. The predicted octanol–water partition coefficient (Wildman–Crippen LogP) is 2.21. The maximum absolute atomic E-state index is 12.8. The first-order valence-electron chi connectivity index (χ1n) is 6.20. The first kappa shape index (κ1) is 15.8. The van der Waals surface area contributed by atoms with Crippen molar-refractivity contribution in [3.05, 3.63) is 34.1 Å². The number of nitrogens with two attached hydrogens (primary N) is 1. The number of aromatic nitrogens is 2. The van der Waals surface area contributed by atoms with Gasteiger partial charge in [-0.15, -0.1) is 0 Å². The van der Waals surface area contributed by atoms with Gasteiger partial charge in [0.25, 0.3) is 10.0 Å². The van der Waals surface area contributed by atoms with Crippen molar-refractivity contribution in [2.24, 2.45) is 7.05 Å². The fourth-order valence-corrected chi connectivity index (χ4v) is 4.20. The number of aryl methyl sites for hydroxylation is 2. The van der Waals surface area contributed by atoms with Gasteiger partial charge < -0.3 is 5.73 Å². The molecule has 2 aromatic rings. The van der Waals surface area contributed by atoms with E-state index in [1.807, 2.05) is 0 Å². The smallest absolute Gasteiger partial charge is 0.267 e. The normalized spacial score (nSPS) is 11.7. The standard InChI is InChI=1S/C13H17BrN4O2S/c1-8-13(9(2)17(3)16-8)21(19,20)18(4)12-6-5-10(14)7-11(12)15/h5-7H,15H2,1-4H3. The molecule has 0 saturated heterocycles. The molecule has 0 bridgehead atoms. The molecule has 1 heterocycles. The predicted molar refractivity (Wildman–Crippen MR) is 86.8 cm³/mol. The molecule has 8 heteroatoms. The number of nitrogens with zero attached hydrogens (tertiary/aromatic N) is 3. The lowest BCUT2D eigenvalue weighted by atomic mass is 10.3. The number of halogens is 1. The Morgan fingerprint density at radius 2 is 1.95 bits per heavy atom. The van der Waals surface area contributed by atoms with E-state index in [1.54, 1.807) is 43.8 Å². The monoisotopic (exact) mass is 372 g/mol. The molecule has 1 aromatic carbocycles. The first-order valence-corrected chi connectivity index (χ1v) is 8.43. The second kappa shape index (κ2) is 5.34. The Morgan fingerprint density at radius 1 is 1.33 bits per heavy atom. The van der Waals surface area contributed by atoms with E-state index in [4.69, 9.17) is 5.73 Å². The molecule has 0 fully saturated rings. The van der Waals surface area contributed by atoms with Gasteiger partial charge in [0.05, 0.1) is 22.8 Å². The van der Waals surface area contributed by atoms with Crippen molar-refractivity contribution in [3.63, 3.8) is 0 Å². The van der Waals surface area contributed by atoms with Crippen molar-refractivity contribution < 1.29 is 8.42 Å². The average Bonchev–Trinajstić information content (AvgIpc) is 2.62. The van der Waals surface area contributed by atoms with Gasteiger partial charge in [0.1, 0.15) is 4.90 Å². The van der Waals surface area contributed by atoms with E-state index in [9.17, 15) is 8.42 Å². The molecule has 114 valence electrons. The molecular weight excluding hydrogens is 356 g/mol. The topological polar surface area (TPSA) is 81.2 Å². The fourth-order valence-electron chi connectivity index (χ4n) is 2.21. The molecule has 2 rings (SSSR count). The zero-order valence-electron chi connectivity index (χ0n) is 12.3. The summed E-state index contributed by atoms with van der Waals surface area (Å²) < 4.78 is 29.2. The number of benzene rings is 1. The largest absolute Gasteiger partial charge is 0.397 e. The summed E-state index contributed by atoms with van der Waals surface area (Å²) in [5.74, 6) is 0. The van der Waals surface area contributed by atoms with E-state index in [0.29, 0.717) is 22.8 Å². The number of nitrogen functional groups attached to an aromatic ring is 1. The Bertz CT molecular complexity index is 799. The zero-order valence-corrected chi connectivity index (χ0v) is 14.7. The fraction of sp³-hybridized carbons (Fsp3) is 0.308. The lowest BCUT2D eigenvalue weighted by Crippen LogP contribution is -2.28. The van der Waals surface area contributed by atoms with E-state index < -0.39 is 10.0 Å². The minimum absolute atomic E-state index is 0.217. The van der Waals surface area contributed by atoms with Crippen LogP contribution in [0.3, 0.4) is 0 Å². The van der Waals surface area contributed by atoms with Crippen LogP contribution in [-0.4, -0.2) is 25.2 Å². The van der Waals surface area contributed by atoms with Crippen LogP contribution in [-0.2, 0) is 17.1 Å². The van der Waals surface area contributed by atoms with Gasteiger partial charge in [0, 0.05) is 18.6 Å². The number of sulfonamides is 1. The second-order valence-electron chi connectivity index (χ2n) is 4.80. The van der Waals surface area contributed by atoms with Crippen molar-refractivity contribution in [1.82, 2.24) is 9.78 Å². The quantitative estimate of drug-likeness (QED) is 0.837. The average molecular weight is 373 g/mol. The summed E-state index contributed by atoms with van der Waals surface area (Å²) in [4.78, 5) is 0.217. The highest BCUT2D eigenvalue weighted by molar-refractivity contribution is 9.10. The van der Waals surface area contributed by atoms with Crippen LogP contribution < -0.4 is 10.0 Å². The van der Waals surface area contributed by atoms with Gasteiger partial charge in [-0.2, -0.15) is 5.10 Å². The molecular formula is C13H17BrN4O2S. The molecule has 0 saturated carbocycles. The molecule has 0 aliphatic heterocycles. The van der Waals surface area contributed by atoms with Crippen LogP contribution in [0.25, 0.3) is 0 Å². The second-order valence-corrected chi connectivity index (χ2v) is 7.62. The van der Waals surface area contributed by atoms with Crippen LogP contribution in [0.5, 0.6) is 0 Å². The van der Waals surface area contributed by atoms with Crippen molar-refractivity contribution in [3.8, 4) is 0 Å². The third-order valence-corrected chi connectivity index (χ3v) is 5.91. The van der Waals surface area contributed by atoms with E-state index in [-0.39, 0.29) is 4.90 Å². The first-order chi connectivity index (χ1) is 9.66. The van der Waals surface area contributed by atoms with Crippen LogP contribution in [0.15, 0.2) is 27.6 Å². The minimum atomic E-state index is -3.71. The lowest BCUT2D eigenvalue weighted by molar-refractivity contribution is 0.593. The summed E-state index contributed by atoms with van der Waals surface area (Å²) in [5.41, 5.74) is 7.80. The van der Waals surface area contributed by atoms with Crippen molar-refractivity contribution in [1.29, 1.82) is 0 Å². The Kier molecular flexibility index (Phi) is 4.03. The van der Waals surface area contributed by atoms with Crippen LogP contribution >= 0.6 is 15.9 Å². The molecule has 0 spiro atoms. The van der Waals surface area contributed by atoms with Crippen LogP contribution in [0.4, 0.5) is 11.4 Å². The number of hydrogen-bond acceptors (Lipinski definition) is 4. The van der Waals surface area contributed by atoms with Gasteiger partial charge in [0.15, 0.2) is 0 Å². The summed E-state index contributed by atoms with van der Waals surface area (Å²) in [6, 6.07) is 5.09. The van der Waals surface area contributed by atoms with Crippen LogP contribution in [0.2, 0.25) is 0 Å². The molecule has 1 aromatic heterocycles. The van der Waals surface area contributed by atoms with Gasteiger partial charge >= 0.3 is 0 Å². The maximum Gasteiger partial charge on any atom is 0.267 e. The summed E-state index contributed by atoms with van der Waals surface area (Å²) in [7, 11) is -0.509. The summed E-state index contributed by atoms with van der Waals surface area (Å²) in [5, 5.41) is 4.16. The third-order valence-electron chi connectivity index (χ3n) is 3.39. The van der Waals surface area contributed by atoms with E-state index in [1.165, 1.54) is 11.4 Å². The van der Waals surface area contributed by atoms with E-state index in [2.05, 4.69) is 21.0 Å². The summed E-state index contributed by atoms with van der Waals surface area (Å²) in [6.07, 6.45) is 0.